The van der Waals surface area contributed by atoms with Gasteiger partial charge in [0.1, 0.15) is 18.1 Å². The minimum absolute atomic E-state index is 0.00611. The molecule has 0 amide bonds. The molecule has 7 heteroatoms. The molecule has 2 N–H and O–H groups in total. The van der Waals surface area contributed by atoms with Crippen molar-refractivity contribution in [2.24, 2.45) is 0 Å². The van der Waals surface area contributed by atoms with Crippen molar-refractivity contribution >= 4 is 23.0 Å². The third-order valence-electron chi connectivity index (χ3n) is 6.15. The Morgan fingerprint density at radius 1 is 1.15 bits per heavy atom. The number of fused-ring (bicyclic) bond motifs is 2. The Kier molecular flexibility index (Phi) is 5.77. The molecule has 2 aromatic carbocycles. The van der Waals surface area contributed by atoms with Crippen molar-refractivity contribution < 1.29 is 19.4 Å². The van der Waals surface area contributed by atoms with E-state index in [1.54, 1.807) is 6.20 Å². The van der Waals surface area contributed by atoms with Crippen LogP contribution in [0.2, 0.25) is 0 Å². The summed E-state index contributed by atoms with van der Waals surface area (Å²) < 4.78 is 12.0. The molecule has 0 saturated carbocycles. The highest BCUT2D eigenvalue weighted by Crippen LogP contribution is 2.44. The summed E-state index contributed by atoms with van der Waals surface area (Å²) in [4.78, 5) is 17.6. The van der Waals surface area contributed by atoms with E-state index in [1.165, 1.54) is 0 Å². The Hall–Kier alpha value is -3.74. The zero-order valence-electron chi connectivity index (χ0n) is 18.5. The van der Waals surface area contributed by atoms with E-state index in [0.29, 0.717) is 13.2 Å². The van der Waals surface area contributed by atoms with Gasteiger partial charge in [-0.2, -0.15) is 0 Å². The number of anilines is 3. The summed E-state index contributed by atoms with van der Waals surface area (Å²) in [7, 11) is 0. The summed E-state index contributed by atoms with van der Waals surface area (Å²) in [6.45, 7) is 3.96. The van der Waals surface area contributed by atoms with E-state index in [2.05, 4.69) is 46.4 Å². The van der Waals surface area contributed by atoms with Crippen molar-refractivity contribution in [2.45, 2.75) is 31.7 Å². The second-order valence-corrected chi connectivity index (χ2v) is 8.42. The fourth-order valence-electron chi connectivity index (χ4n) is 4.64. The van der Waals surface area contributed by atoms with Gasteiger partial charge in [-0.05, 0) is 30.7 Å². The predicted octanol–water partition coefficient (Wildman–Crippen LogP) is 5.13. The first-order valence-electron chi connectivity index (χ1n) is 11.3. The second kappa shape index (κ2) is 9.02. The molecule has 0 unspecified atom stereocenters. The lowest BCUT2D eigenvalue weighted by molar-refractivity contribution is -0.137. The van der Waals surface area contributed by atoms with Crippen molar-refractivity contribution in [2.75, 3.05) is 30.0 Å². The van der Waals surface area contributed by atoms with E-state index < -0.39 is 5.97 Å². The number of hydrogen-bond acceptors (Lipinski definition) is 6. The molecule has 33 heavy (non-hydrogen) atoms. The highest BCUT2D eigenvalue weighted by atomic mass is 16.5. The second-order valence-electron chi connectivity index (χ2n) is 8.42. The number of rotatable bonds is 8. The normalized spacial score (nSPS) is 18.1. The van der Waals surface area contributed by atoms with Crippen LogP contribution in [-0.4, -0.2) is 35.8 Å². The minimum Gasteiger partial charge on any atom is -0.493 e. The topological polar surface area (TPSA) is 83.9 Å². The number of carboxylic acid groups (broad SMARTS) is 1. The molecule has 3 heterocycles. The zero-order chi connectivity index (χ0) is 22.8. The van der Waals surface area contributed by atoms with Gasteiger partial charge in [-0.3, -0.25) is 9.78 Å². The molecule has 0 spiro atoms. The van der Waals surface area contributed by atoms with Crippen LogP contribution in [0, 0.1) is 0 Å². The Balaban J connectivity index is 1.39. The number of aromatic nitrogens is 1. The Morgan fingerprint density at radius 2 is 2.06 bits per heavy atom. The molecule has 3 aromatic rings. The van der Waals surface area contributed by atoms with Gasteiger partial charge >= 0.3 is 5.97 Å². The summed E-state index contributed by atoms with van der Waals surface area (Å²) >= 11 is 0. The van der Waals surface area contributed by atoms with Crippen LogP contribution in [0.4, 0.5) is 17.1 Å². The van der Waals surface area contributed by atoms with Crippen LogP contribution in [-0.2, 0) is 4.79 Å². The number of hydrogen-bond donors (Lipinski definition) is 2. The number of carboxylic acids is 1. The average molecular weight is 446 g/mol. The van der Waals surface area contributed by atoms with Crippen LogP contribution in [0.15, 0.2) is 60.9 Å². The van der Waals surface area contributed by atoms with Gasteiger partial charge in [0.25, 0.3) is 0 Å². The number of aliphatic carboxylic acids is 1. The van der Waals surface area contributed by atoms with Crippen LogP contribution in [0.3, 0.4) is 0 Å². The molecule has 0 fully saturated rings. The van der Waals surface area contributed by atoms with E-state index in [4.69, 9.17) is 14.6 Å². The molecule has 5 rings (SSSR count). The molecule has 0 aliphatic carbocycles. The van der Waals surface area contributed by atoms with Gasteiger partial charge < -0.3 is 24.8 Å². The van der Waals surface area contributed by atoms with Crippen LogP contribution in [0.1, 0.15) is 42.9 Å². The van der Waals surface area contributed by atoms with E-state index in [-0.39, 0.29) is 18.4 Å². The van der Waals surface area contributed by atoms with Gasteiger partial charge in [0.05, 0.1) is 36.6 Å². The summed E-state index contributed by atoms with van der Waals surface area (Å²) in [5, 5.41) is 12.7. The summed E-state index contributed by atoms with van der Waals surface area (Å²) in [6.07, 6.45) is 4.74. The summed E-state index contributed by atoms with van der Waals surface area (Å²) in [5.74, 6) is 0.746. The van der Waals surface area contributed by atoms with Crippen molar-refractivity contribution in [1.29, 1.82) is 0 Å². The maximum Gasteiger partial charge on any atom is 0.304 e. The van der Waals surface area contributed by atoms with Crippen LogP contribution >= 0.6 is 0 Å². The van der Waals surface area contributed by atoms with E-state index in [0.717, 1.165) is 52.7 Å². The smallest absolute Gasteiger partial charge is 0.304 e. The lowest BCUT2D eigenvalue weighted by Gasteiger charge is -2.25. The Bertz CT molecular complexity index is 1150. The molecule has 2 aliphatic rings. The average Bonchev–Trinajstić information content (AvgIpc) is 3.42. The van der Waals surface area contributed by atoms with E-state index in [9.17, 15) is 4.79 Å². The van der Waals surface area contributed by atoms with Gasteiger partial charge in [-0.1, -0.05) is 25.1 Å². The lowest BCUT2D eigenvalue weighted by atomic mass is 9.97. The molecule has 0 saturated heterocycles. The van der Waals surface area contributed by atoms with Crippen molar-refractivity contribution in [3.05, 3.63) is 72.1 Å². The first-order chi connectivity index (χ1) is 16.1. The molecule has 0 bridgehead atoms. The Morgan fingerprint density at radius 3 is 2.85 bits per heavy atom. The highest BCUT2D eigenvalue weighted by molar-refractivity contribution is 5.73. The molecule has 1 aromatic heterocycles. The predicted molar refractivity (Wildman–Crippen MR) is 127 cm³/mol. The summed E-state index contributed by atoms with van der Waals surface area (Å²) in [6, 6.07) is 16.2. The molecule has 7 nitrogen and oxygen atoms in total. The van der Waals surface area contributed by atoms with Gasteiger partial charge in [-0.15, -0.1) is 0 Å². The third kappa shape index (κ3) is 4.18. The minimum atomic E-state index is -0.808. The van der Waals surface area contributed by atoms with Gasteiger partial charge in [0, 0.05) is 41.5 Å². The van der Waals surface area contributed by atoms with Crippen molar-refractivity contribution in [3.8, 4) is 11.5 Å². The van der Waals surface area contributed by atoms with Crippen LogP contribution < -0.4 is 19.7 Å². The zero-order valence-corrected chi connectivity index (χ0v) is 18.5. The highest BCUT2D eigenvalue weighted by Gasteiger charge is 2.30. The number of benzene rings is 2. The standard InChI is InChI=1S/C26H27N3O4/c1-2-11-29(19-5-4-10-27-14-19)23-7-3-6-21-22(16-33-26(21)23)28-18-8-9-20-17(12-25(30)31)15-32-24(20)13-18/h3-10,13-14,17,22,28H,2,11-12,15-16H2,1H3,(H,30,31)/t17-,22-/m1/s1. The molecule has 170 valence electrons. The monoisotopic (exact) mass is 445 g/mol. The fourth-order valence-corrected chi connectivity index (χ4v) is 4.64. The lowest BCUT2D eigenvalue weighted by Crippen LogP contribution is -2.18. The quantitative estimate of drug-likeness (QED) is 0.497. The largest absolute Gasteiger partial charge is 0.493 e. The molecule has 2 aliphatic heterocycles. The third-order valence-corrected chi connectivity index (χ3v) is 6.15. The number of nitrogens with one attached hydrogen (secondary N) is 1. The number of pyridine rings is 1. The van der Waals surface area contributed by atoms with Crippen molar-refractivity contribution in [1.82, 2.24) is 4.98 Å². The van der Waals surface area contributed by atoms with Crippen LogP contribution in [0.5, 0.6) is 11.5 Å². The molecule has 0 radical (unpaired) electrons. The SMILES string of the molecule is CCCN(c1cccnc1)c1cccc2c1OC[C@H]2Nc1ccc2c(c1)OC[C@H]2CC(=O)O. The van der Waals surface area contributed by atoms with Gasteiger partial charge in [0.15, 0.2) is 0 Å². The molecule has 2 atom stereocenters. The van der Waals surface area contributed by atoms with Crippen molar-refractivity contribution in [3.63, 3.8) is 0 Å². The fraction of sp³-hybridized carbons (Fsp3) is 0.308. The van der Waals surface area contributed by atoms with Gasteiger partial charge in [0.2, 0.25) is 0 Å². The number of ether oxygens (including phenoxy) is 2. The van der Waals surface area contributed by atoms with E-state index >= 15 is 0 Å². The summed E-state index contributed by atoms with van der Waals surface area (Å²) in [5.41, 5.74) is 5.08. The first kappa shape index (κ1) is 21.1. The number of nitrogens with zero attached hydrogens (tertiary/aromatic N) is 2. The molecular formula is C26H27N3O4. The van der Waals surface area contributed by atoms with Crippen LogP contribution in [0.25, 0.3) is 0 Å². The maximum absolute atomic E-state index is 11.1. The first-order valence-corrected chi connectivity index (χ1v) is 11.3. The number of carbonyl (C=O) groups is 1. The maximum atomic E-state index is 11.1. The number of para-hydroxylation sites is 1. The molecular weight excluding hydrogens is 418 g/mol. The Labute approximate surface area is 193 Å². The van der Waals surface area contributed by atoms with Gasteiger partial charge in [-0.25, -0.2) is 0 Å². The van der Waals surface area contributed by atoms with E-state index in [1.807, 2.05) is 30.5 Å².